The van der Waals surface area contributed by atoms with Gasteiger partial charge in [0.15, 0.2) is 0 Å². The first-order chi connectivity index (χ1) is 11.6. The molecule has 0 amide bonds. The Bertz CT molecular complexity index is 680. The van der Waals surface area contributed by atoms with E-state index in [1.54, 1.807) is 13.0 Å². The maximum absolute atomic E-state index is 14.0. The highest BCUT2D eigenvalue weighted by Crippen LogP contribution is 2.24. The van der Waals surface area contributed by atoms with E-state index in [2.05, 4.69) is 4.99 Å². The number of aliphatic imine (C=N–C) groups is 1. The summed E-state index contributed by atoms with van der Waals surface area (Å²) in [6, 6.07) is 3.68. The Labute approximate surface area is 160 Å². The third kappa shape index (κ3) is 6.07. The molecule has 0 bridgehead atoms. The van der Waals surface area contributed by atoms with Crippen LogP contribution in [0.3, 0.4) is 0 Å². The van der Waals surface area contributed by atoms with Crippen LogP contribution in [0, 0.1) is 14.8 Å². The topological polar surface area (TPSA) is 79.1 Å². The Hall–Kier alpha value is -1.48. The quantitative estimate of drug-likeness (QED) is 0.222. The van der Waals surface area contributed by atoms with Crippen molar-refractivity contribution < 1.29 is 24.1 Å². The predicted octanol–water partition coefficient (Wildman–Crippen LogP) is 3.74. The summed E-state index contributed by atoms with van der Waals surface area (Å²) in [5.41, 5.74) is -0.725. The summed E-state index contributed by atoms with van der Waals surface area (Å²) in [6.07, 6.45) is 1.14. The van der Waals surface area contributed by atoms with Crippen molar-refractivity contribution in [2.45, 2.75) is 33.7 Å². The van der Waals surface area contributed by atoms with E-state index in [4.69, 9.17) is 4.74 Å². The van der Waals surface area contributed by atoms with Crippen LogP contribution in [0.5, 0.6) is 0 Å². The van der Waals surface area contributed by atoms with Gasteiger partial charge in [0.1, 0.15) is 17.1 Å². The number of ether oxygens (including phenoxy) is 1. The minimum absolute atomic E-state index is 0.0982. The summed E-state index contributed by atoms with van der Waals surface area (Å²) < 4.78 is 19.7. The van der Waals surface area contributed by atoms with Crippen molar-refractivity contribution in [3.8, 4) is 0 Å². The molecule has 0 radical (unpaired) electrons. The molecular formula is C18H23FINO4. The number of aliphatic hydroxyl groups excluding tert-OH is 2. The van der Waals surface area contributed by atoms with E-state index in [0.29, 0.717) is 3.57 Å². The van der Waals surface area contributed by atoms with Crippen molar-refractivity contribution >= 4 is 40.5 Å². The van der Waals surface area contributed by atoms with Gasteiger partial charge in [-0.3, -0.25) is 4.99 Å². The molecule has 1 aromatic rings. The van der Waals surface area contributed by atoms with E-state index in [-0.39, 0.29) is 29.8 Å². The zero-order valence-corrected chi connectivity index (χ0v) is 16.9. The van der Waals surface area contributed by atoms with Crippen LogP contribution in [-0.4, -0.2) is 41.7 Å². The Morgan fingerprint density at radius 2 is 2.08 bits per heavy atom. The number of aliphatic hydroxyl groups is 2. The van der Waals surface area contributed by atoms with Gasteiger partial charge in [-0.15, -0.1) is 0 Å². The summed E-state index contributed by atoms with van der Waals surface area (Å²) in [5, 5.41) is 19.9. The minimum Gasteiger partial charge on any atom is -0.506 e. The van der Waals surface area contributed by atoms with E-state index in [9.17, 15) is 19.4 Å². The molecule has 25 heavy (non-hydrogen) atoms. The van der Waals surface area contributed by atoms with Gasteiger partial charge in [0, 0.05) is 9.78 Å². The second kappa shape index (κ2) is 9.28. The van der Waals surface area contributed by atoms with Crippen LogP contribution in [-0.2, 0) is 9.53 Å². The minimum atomic E-state index is -0.812. The molecule has 2 N–H and O–H groups in total. The van der Waals surface area contributed by atoms with Gasteiger partial charge in [-0.05, 0) is 53.1 Å². The predicted molar refractivity (Wildman–Crippen MR) is 104 cm³/mol. The number of halogens is 2. The fourth-order valence-electron chi connectivity index (χ4n) is 1.95. The van der Waals surface area contributed by atoms with Crippen LogP contribution in [0.15, 0.2) is 28.8 Å². The van der Waals surface area contributed by atoms with E-state index >= 15 is 0 Å². The average Bonchev–Trinajstić information content (AvgIpc) is 2.52. The number of hydrogen-bond donors (Lipinski definition) is 2. The summed E-state index contributed by atoms with van der Waals surface area (Å²) in [7, 11) is 0. The second-order valence-corrected chi connectivity index (χ2v) is 7.70. The van der Waals surface area contributed by atoms with Gasteiger partial charge in [-0.25, -0.2) is 9.18 Å². The molecule has 0 heterocycles. The van der Waals surface area contributed by atoms with Crippen LogP contribution in [0.4, 0.5) is 4.39 Å². The lowest BCUT2D eigenvalue weighted by atomic mass is 9.88. The molecule has 1 rings (SSSR count). The van der Waals surface area contributed by atoms with Crippen molar-refractivity contribution in [3.05, 3.63) is 38.7 Å². The van der Waals surface area contributed by atoms with Gasteiger partial charge < -0.3 is 14.9 Å². The average molecular weight is 463 g/mol. The fraction of sp³-hybridized carbons (Fsp3) is 0.444. The van der Waals surface area contributed by atoms with Crippen LogP contribution < -0.4 is 0 Å². The van der Waals surface area contributed by atoms with Crippen LogP contribution in [0.2, 0.25) is 0 Å². The first-order valence-corrected chi connectivity index (χ1v) is 8.89. The number of carbonyl (C=O) groups excluding carboxylic acids is 1. The normalized spacial score (nSPS) is 14.4. The van der Waals surface area contributed by atoms with E-state index in [1.165, 1.54) is 12.1 Å². The first kappa shape index (κ1) is 21.6. The molecule has 5 nitrogen and oxygen atoms in total. The summed E-state index contributed by atoms with van der Waals surface area (Å²) in [6.45, 7) is 7.16. The number of carbonyl (C=O) groups is 1. The molecule has 1 atom stereocenters. The lowest BCUT2D eigenvalue weighted by Gasteiger charge is -2.25. The molecule has 0 aromatic heterocycles. The molecule has 0 unspecified atom stereocenters. The smallest absolute Gasteiger partial charge is 0.343 e. The van der Waals surface area contributed by atoms with Gasteiger partial charge in [-0.2, -0.15) is 0 Å². The maximum atomic E-state index is 14.0. The first-order valence-electron chi connectivity index (χ1n) is 7.81. The Balaban J connectivity index is 3.42. The monoisotopic (exact) mass is 463 g/mol. The number of hydrogen-bond acceptors (Lipinski definition) is 5. The third-order valence-electron chi connectivity index (χ3n) is 3.49. The number of benzene rings is 1. The molecule has 0 aliphatic rings. The van der Waals surface area contributed by atoms with Crippen molar-refractivity contribution in [2.75, 3.05) is 13.2 Å². The highest BCUT2D eigenvalue weighted by atomic mass is 127. The van der Waals surface area contributed by atoms with Gasteiger partial charge in [0.05, 0.1) is 24.8 Å². The lowest BCUT2D eigenvalue weighted by molar-refractivity contribution is -0.137. The fourth-order valence-corrected chi connectivity index (χ4v) is 2.44. The largest absolute Gasteiger partial charge is 0.506 e. The zero-order valence-electron chi connectivity index (χ0n) is 14.7. The molecular weight excluding hydrogens is 440 g/mol. The number of nitrogens with zero attached hydrogens (tertiary/aromatic N) is 1. The number of esters is 1. The lowest BCUT2D eigenvalue weighted by Crippen LogP contribution is -2.28. The molecule has 0 saturated carbocycles. The van der Waals surface area contributed by atoms with Gasteiger partial charge in [0.25, 0.3) is 0 Å². The summed E-state index contributed by atoms with van der Waals surface area (Å²) >= 11 is 1.98. The van der Waals surface area contributed by atoms with Gasteiger partial charge in [0.2, 0.25) is 0 Å². The second-order valence-electron chi connectivity index (χ2n) is 6.45. The maximum Gasteiger partial charge on any atom is 0.343 e. The zero-order chi connectivity index (χ0) is 19.2. The Kier molecular flexibility index (Phi) is 8.01. The van der Waals surface area contributed by atoms with Crippen molar-refractivity contribution in [1.29, 1.82) is 0 Å². The Morgan fingerprint density at radius 1 is 1.44 bits per heavy atom. The van der Waals surface area contributed by atoms with E-state index in [1.807, 2.05) is 43.4 Å². The van der Waals surface area contributed by atoms with Crippen LogP contribution in [0.1, 0.15) is 33.3 Å². The highest BCUT2D eigenvalue weighted by Gasteiger charge is 2.24. The van der Waals surface area contributed by atoms with Crippen LogP contribution in [0.25, 0.3) is 5.76 Å². The van der Waals surface area contributed by atoms with Gasteiger partial charge >= 0.3 is 5.97 Å². The SMILES string of the molecule is CCOC(=O)/C(C=N[C@H](CO)C(C)(C)C)=C(/O)c1cc(I)ccc1F. The molecule has 0 fully saturated rings. The summed E-state index contributed by atoms with van der Waals surface area (Å²) in [4.78, 5) is 16.4. The summed E-state index contributed by atoms with van der Waals surface area (Å²) in [5.74, 6) is -2.03. The van der Waals surface area contributed by atoms with E-state index in [0.717, 1.165) is 6.21 Å². The van der Waals surface area contributed by atoms with Crippen LogP contribution >= 0.6 is 22.6 Å². The Morgan fingerprint density at radius 3 is 2.60 bits per heavy atom. The van der Waals surface area contributed by atoms with Crippen molar-refractivity contribution in [2.24, 2.45) is 10.4 Å². The molecule has 0 aliphatic heterocycles. The van der Waals surface area contributed by atoms with Crippen molar-refractivity contribution in [3.63, 3.8) is 0 Å². The molecule has 0 aliphatic carbocycles. The number of rotatable bonds is 6. The molecule has 138 valence electrons. The molecule has 1 aromatic carbocycles. The van der Waals surface area contributed by atoms with E-state index < -0.39 is 23.6 Å². The standard InChI is InChI=1S/C18H23FINO4/c1-5-25-17(24)13(9-21-15(10-22)18(2,3)4)16(23)12-8-11(20)6-7-14(12)19/h6-9,15,22-23H,5,10H2,1-4H3/b16-13+,21-9?/t15-/m1/s1. The molecule has 0 spiro atoms. The highest BCUT2D eigenvalue weighted by molar-refractivity contribution is 14.1. The third-order valence-corrected chi connectivity index (χ3v) is 4.16. The van der Waals surface area contributed by atoms with Crippen molar-refractivity contribution in [1.82, 2.24) is 0 Å². The molecule has 7 heteroatoms. The molecule has 0 saturated heterocycles. The van der Waals surface area contributed by atoms with Gasteiger partial charge in [-0.1, -0.05) is 20.8 Å².